The number of carbonyl (C=O) groups is 1. The first-order chi connectivity index (χ1) is 6.66. The largest absolute Gasteiger partial charge is 0.298 e. The van der Waals surface area contributed by atoms with Gasteiger partial charge >= 0.3 is 0 Å². The summed E-state index contributed by atoms with van der Waals surface area (Å²) in [6.45, 7) is 7.11. The summed E-state index contributed by atoms with van der Waals surface area (Å²) in [4.78, 5) is 13.8. The molecule has 1 aliphatic rings. The molecule has 2 atom stereocenters. The fourth-order valence-electron chi connectivity index (χ4n) is 2.41. The predicted octanol–water partition coefficient (Wildman–Crippen LogP) is 2.62. The summed E-state index contributed by atoms with van der Waals surface area (Å²) in [6.07, 6.45) is 6.36. The minimum atomic E-state index is 0.131. The van der Waals surface area contributed by atoms with Gasteiger partial charge in [0.15, 0.2) is 0 Å². The number of carbonyl (C=O) groups excluding carboxylic acids is 1. The fourth-order valence-corrected chi connectivity index (χ4v) is 2.41. The Labute approximate surface area is 87.7 Å². The van der Waals surface area contributed by atoms with E-state index in [1.807, 2.05) is 0 Å². The molecule has 82 valence electrons. The van der Waals surface area contributed by atoms with Crippen LogP contribution in [0.3, 0.4) is 0 Å². The summed E-state index contributed by atoms with van der Waals surface area (Å²) in [5, 5.41) is 0. The standard InChI is InChI=1S/C12H23NO/c1-4-7-12-8-5-6-9-13(12)10(2)11(3)14/h10,12H,4-9H2,1-3H3. The average molecular weight is 197 g/mol. The Morgan fingerprint density at radius 2 is 2.21 bits per heavy atom. The van der Waals surface area contributed by atoms with Gasteiger partial charge in [-0.2, -0.15) is 0 Å². The number of rotatable bonds is 4. The number of hydrogen-bond acceptors (Lipinski definition) is 2. The van der Waals surface area contributed by atoms with Crippen molar-refractivity contribution in [3.8, 4) is 0 Å². The van der Waals surface area contributed by atoms with Crippen molar-refractivity contribution in [2.75, 3.05) is 6.54 Å². The van der Waals surface area contributed by atoms with E-state index in [0.717, 1.165) is 6.54 Å². The Kier molecular flexibility index (Phi) is 4.59. The van der Waals surface area contributed by atoms with Gasteiger partial charge < -0.3 is 0 Å². The predicted molar refractivity (Wildman–Crippen MR) is 59.4 cm³/mol. The molecule has 0 aromatic carbocycles. The van der Waals surface area contributed by atoms with Gasteiger partial charge in [-0.25, -0.2) is 0 Å². The molecule has 0 saturated carbocycles. The van der Waals surface area contributed by atoms with Gasteiger partial charge in [0, 0.05) is 6.04 Å². The van der Waals surface area contributed by atoms with Crippen LogP contribution in [0.5, 0.6) is 0 Å². The molecular formula is C12H23NO. The summed E-state index contributed by atoms with van der Waals surface area (Å²) >= 11 is 0. The van der Waals surface area contributed by atoms with E-state index in [2.05, 4.69) is 18.7 Å². The van der Waals surface area contributed by atoms with Crippen LogP contribution in [0.2, 0.25) is 0 Å². The number of likely N-dealkylation sites (tertiary alicyclic amines) is 1. The SMILES string of the molecule is CCCC1CCCCN1C(C)C(C)=O. The van der Waals surface area contributed by atoms with Crippen LogP contribution < -0.4 is 0 Å². The molecule has 2 nitrogen and oxygen atoms in total. The molecule has 1 aliphatic heterocycles. The first kappa shape index (κ1) is 11.7. The summed E-state index contributed by atoms with van der Waals surface area (Å²) in [5.74, 6) is 0.313. The summed E-state index contributed by atoms with van der Waals surface area (Å²) < 4.78 is 0. The van der Waals surface area contributed by atoms with Crippen LogP contribution in [0.15, 0.2) is 0 Å². The van der Waals surface area contributed by atoms with E-state index in [1.54, 1.807) is 6.92 Å². The average Bonchev–Trinajstić information content (AvgIpc) is 2.18. The van der Waals surface area contributed by atoms with E-state index >= 15 is 0 Å². The molecule has 0 N–H and O–H groups in total. The van der Waals surface area contributed by atoms with E-state index in [0.29, 0.717) is 11.8 Å². The molecule has 1 saturated heterocycles. The van der Waals surface area contributed by atoms with Crippen molar-refractivity contribution in [3.63, 3.8) is 0 Å². The highest BCUT2D eigenvalue weighted by atomic mass is 16.1. The van der Waals surface area contributed by atoms with Crippen molar-refractivity contribution in [1.82, 2.24) is 4.90 Å². The third-order valence-electron chi connectivity index (χ3n) is 3.38. The summed E-state index contributed by atoms with van der Waals surface area (Å²) in [6, 6.07) is 0.791. The quantitative estimate of drug-likeness (QED) is 0.690. The fraction of sp³-hybridized carbons (Fsp3) is 0.917. The van der Waals surface area contributed by atoms with Crippen molar-refractivity contribution in [2.24, 2.45) is 0 Å². The molecule has 0 radical (unpaired) electrons. The zero-order valence-corrected chi connectivity index (χ0v) is 9.75. The Hall–Kier alpha value is -0.370. The van der Waals surface area contributed by atoms with Crippen LogP contribution in [-0.2, 0) is 4.79 Å². The first-order valence-electron chi connectivity index (χ1n) is 5.93. The van der Waals surface area contributed by atoms with Crippen LogP contribution in [-0.4, -0.2) is 29.3 Å². The molecule has 0 amide bonds. The van der Waals surface area contributed by atoms with Gasteiger partial charge in [-0.05, 0) is 39.7 Å². The minimum Gasteiger partial charge on any atom is -0.298 e. The van der Waals surface area contributed by atoms with E-state index in [4.69, 9.17) is 0 Å². The second-order valence-electron chi connectivity index (χ2n) is 4.46. The van der Waals surface area contributed by atoms with E-state index in [1.165, 1.54) is 32.1 Å². The zero-order valence-electron chi connectivity index (χ0n) is 9.75. The number of nitrogens with zero attached hydrogens (tertiary/aromatic N) is 1. The second-order valence-corrected chi connectivity index (χ2v) is 4.46. The molecule has 0 bridgehead atoms. The van der Waals surface area contributed by atoms with Crippen LogP contribution in [0, 0.1) is 0 Å². The first-order valence-corrected chi connectivity index (χ1v) is 5.93. The van der Waals surface area contributed by atoms with Crippen LogP contribution in [0.4, 0.5) is 0 Å². The van der Waals surface area contributed by atoms with Crippen LogP contribution in [0.1, 0.15) is 52.9 Å². The third-order valence-corrected chi connectivity index (χ3v) is 3.38. The lowest BCUT2D eigenvalue weighted by Crippen LogP contribution is -2.47. The third kappa shape index (κ3) is 2.81. The van der Waals surface area contributed by atoms with Crippen molar-refractivity contribution >= 4 is 5.78 Å². The topological polar surface area (TPSA) is 20.3 Å². The van der Waals surface area contributed by atoms with Crippen molar-refractivity contribution < 1.29 is 4.79 Å². The van der Waals surface area contributed by atoms with Crippen LogP contribution in [0.25, 0.3) is 0 Å². The van der Waals surface area contributed by atoms with Gasteiger partial charge in [0.2, 0.25) is 0 Å². The van der Waals surface area contributed by atoms with Gasteiger partial charge in [-0.15, -0.1) is 0 Å². The zero-order chi connectivity index (χ0) is 10.6. The highest BCUT2D eigenvalue weighted by molar-refractivity contribution is 5.81. The lowest BCUT2D eigenvalue weighted by Gasteiger charge is -2.39. The molecular weight excluding hydrogens is 174 g/mol. The van der Waals surface area contributed by atoms with Gasteiger partial charge in [-0.3, -0.25) is 9.69 Å². The molecule has 0 spiro atoms. The maximum atomic E-state index is 11.4. The van der Waals surface area contributed by atoms with Gasteiger partial charge in [0.05, 0.1) is 6.04 Å². The number of piperidine rings is 1. The van der Waals surface area contributed by atoms with Gasteiger partial charge in [0.1, 0.15) is 5.78 Å². The smallest absolute Gasteiger partial charge is 0.146 e. The highest BCUT2D eigenvalue weighted by Gasteiger charge is 2.27. The summed E-state index contributed by atoms with van der Waals surface area (Å²) in [7, 11) is 0. The Bertz CT molecular complexity index is 189. The molecule has 1 heterocycles. The molecule has 2 unspecified atom stereocenters. The number of ketones is 1. The Balaban J connectivity index is 2.57. The lowest BCUT2D eigenvalue weighted by atomic mass is 9.96. The van der Waals surface area contributed by atoms with Crippen LogP contribution >= 0.6 is 0 Å². The van der Waals surface area contributed by atoms with Gasteiger partial charge in [-0.1, -0.05) is 19.8 Å². The van der Waals surface area contributed by atoms with E-state index in [-0.39, 0.29) is 6.04 Å². The monoisotopic (exact) mass is 197 g/mol. The lowest BCUT2D eigenvalue weighted by molar-refractivity contribution is -0.123. The van der Waals surface area contributed by atoms with Crippen molar-refractivity contribution in [3.05, 3.63) is 0 Å². The maximum Gasteiger partial charge on any atom is 0.146 e. The van der Waals surface area contributed by atoms with Crippen molar-refractivity contribution in [1.29, 1.82) is 0 Å². The number of Topliss-reactive ketones (excluding diaryl/α,β-unsaturated/α-hetero) is 1. The highest BCUT2D eigenvalue weighted by Crippen LogP contribution is 2.23. The Morgan fingerprint density at radius 1 is 1.50 bits per heavy atom. The van der Waals surface area contributed by atoms with E-state index < -0.39 is 0 Å². The normalized spacial score (nSPS) is 26.1. The molecule has 14 heavy (non-hydrogen) atoms. The molecule has 1 fully saturated rings. The molecule has 1 rings (SSSR count). The molecule has 0 aliphatic carbocycles. The van der Waals surface area contributed by atoms with Crippen molar-refractivity contribution in [2.45, 2.75) is 65.0 Å². The van der Waals surface area contributed by atoms with Gasteiger partial charge in [0.25, 0.3) is 0 Å². The maximum absolute atomic E-state index is 11.4. The molecule has 2 heteroatoms. The molecule has 0 aromatic heterocycles. The summed E-state index contributed by atoms with van der Waals surface area (Å²) in [5.41, 5.74) is 0. The second kappa shape index (κ2) is 5.50. The molecule has 0 aromatic rings. The number of hydrogen-bond donors (Lipinski definition) is 0. The Morgan fingerprint density at radius 3 is 2.79 bits per heavy atom. The van der Waals surface area contributed by atoms with E-state index in [9.17, 15) is 4.79 Å². The minimum absolute atomic E-state index is 0.131.